The quantitative estimate of drug-likeness (QED) is 0.362. The second-order valence-corrected chi connectivity index (χ2v) is 21.1. The zero-order valence-electron chi connectivity index (χ0n) is 13.2. The number of rotatable bonds is 12. The van der Waals surface area contributed by atoms with Gasteiger partial charge in [-0.3, -0.25) is 0 Å². The third-order valence-corrected chi connectivity index (χ3v) is 19.2. The Hall–Kier alpha value is 0.709. The molecule has 0 atom stereocenters. The van der Waals surface area contributed by atoms with E-state index in [4.69, 9.17) is 4.18 Å². The Morgan fingerprint density at radius 3 is 1.47 bits per heavy atom. The van der Waals surface area contributed by atoms with E-state index in [1.54, 1.807) is 0 Å². The molecule has 3 nitrogen and oxygen atoms in total. The fraction of sp³-hybridized carbons (Fsp3) is 1.00. The summed E-state index contributed by atoms with van der Waals surface area (Å²) >= 11 is -2.40. The van der Waals surface area contributed by atoms with Gasteiger partial charge in [0, 0.05) is 0 Å². The summed E-state index contributed by atoms with van der Waals surface area (Å²) < 4.78 is 32.3. The first-order chi connectivity index (χ1) is 8.89. The Labute approximate surface area is 124 Å². The van der Waals surface area contributed by atoms with Crippen molar-refractivity contribution < 1.29 is 12.6 Å². The van der Waals surface area contributed by atoms with Crippen LogP contribution in [0.4, 0.5) is 0 Å². The van der Waals surface area contributed by atoms with Gasteiger partial charge in [0.05, 0.1) is 0 Å². The van der Waals surface area contributed by atoms with Crippen molar-refractivity contribution in [3.8, 4) is 0 Å². The monoisotopic (exact) mass is 400 g/mol. The molecule has 0 saturated carbocycles. The van der Waals surface area contributed by atoms with Crippen LogP contribution < -0.4 is 0 Å². The minimum absolute atomic E-state index is 0.577. The van der Waals surface area contributed by atoms with E-state index in [2.05, 4.69) is 20.8 Å². The second-order valence-electron chi connectivity index (χ2n) is 5.78. The number of unbranched alkanes of at least 4 members (excludes halogenated alkanes) is 3. The van der Waals surface area contributed by atoms with Crippen LogP contribution in [-0.4, -0.2) is 37.7 Å². The van der Waals surface area contributed by atoms with Crippen molar-refractivity contribution >= 4 is 28.5 Å². The molecule has 0 aromatic carbocycles. The Bertz CT molecular complexity index is 293. The predicted molar refractivity (Wildman–Crippen MR) is 85.7 cm³/mol. The Kier molecular flexibility index (Phi) is 10.8. The van der Waals surface area contributed by atoms with E-state index in [-0.39, 0.29) is 0 Å². The van der Waals surface area contributed by atoms with Gasteiger partial charge in [0.2, 0.25) is 0 Å². The van der Waals surface area contributed by atoms with Crippen LogP contribution in [0.15, 0.2) is 0 Å². The van der Waals surface area contributed by atoms with E-state index in [0.717, 1.165) is 0 Å². The molecule has 0 fully saturated rings. The molecule has 0 radical (unpaired) electrons. The van der Waals surface area contributed by atoms with Gasteiger partial charge in [-0.05, 0) is 0 Å². The summed E-state index contributed by atoms with van der Waals surface area (Å²) in [6, 6.07) is 0. The molecular formula is C14H32O3SSn. The molecule has 19 heavy (non-hydrogen) atoms. The van der Waals surface area contributed by atoms with Crippen molar-refractivity contribution in [3.05, 3.63) is 0 Å². The van der Waals surface area contributed by atoms with Crippen LogP contribution in [0.3, 0.4) is 0 Å². The van der Waals surface area contributed by atoms with Gasteiger partial charge in [0.25, 0.3) is 0 Å². The third kappa shape index (κ3) is 10.1. The van der Waals surface area contributed by atoms with Gasteiger partial charge in [-0.1, -0.05) is 0 Å². The zero-order valence-corrected chi connectivity index (χ0v) is 16.9. The average molecular weight is 399 g/mol. The van der Waals surface area contributed by atoms with Crippen LogP contribution in [0, 0.1) is 0 Å². The molecule has 5 heteroatoms. The molecule has 0 rings (SSSR count). The maximum atomic E-state index is 11.3. The Balaban J connectivity index is 4.75. The van der Waals surface area contributed by atoms with E-state index >= 15 is 0 Å². The summed E-state index contributed by atoms with van der Waals surface area (Å²) in [6.45, 7) is 6.65. The van der Waals surface area contributed by atoms with Gasteiger partial charge in [-0.2, -0.15) is 0 Å². The molecule has 0 unspecified atom stereocenters. The molecule has 0 aliphatic carbocycles. The van der Waals surface area contributed by atoms with Crippen LogP contribution >= 0.6 is 0 Å². The molecule has 0 heterocycles. The first kappa shape index (κ1) is 19.7. The van der Waals surface area contributed by atoms with Gasteiger partial charge < -0.3 is 0 Å². The standard InChI is InChI=1S/3C4H9.C2H5O3S.Sn/c3*1-3-4-2;1-5-6(2,3)4;/h3*1,3-4H2,2H3;1H2,2H3;. The number of hydrogen-bond donors (Lipinski definition) is 0. The summed E-state index contributed by atoms with van der Waals surface area (Å²) in [6.07, 6.45) is 8.54. The average Bonchev–Trinajstić information content (AvgIpc) is 2.36. The van der Waals surface area contributed by atoms with Crippen molar-refractivity contribution in [2.75, 3.05) is 10.9 Å². The van der Waals surface area contributed by atoms with E-state index in [9.17, 15) is 8.42 Å². The van der Waals surface area contributed by atoms with E-state index in [1.807, 2.05) is 0 Å². The fourth-order valence-corrected chi connectivity index (χ4v) is 19.7. The van der Waals surface area contributed by atoms with Crippen molar-refractivity contribution in [1.29, 1.82) is 0 Å². The van der Waals surface area contributed by atoms with Crippen LogP contribution in [0.2, 0.25) is 13.3 Å². The van der Waals surface area contributed by atoms with Crippen molar-refractivity contribution in [3.63, 3.8) is 0 Å². The van der Waals surface area contributed by atoms with Gasteiger partial charge in [-0.25, -0.2) is 0 Å². The Morgan fingerprint density at radius 1 is 0.842 bits per heavy atom. The van der Waals surface area contributed by atoms with Crippen LogP contribution in [-0.2, 0) is 14.3 Å². The second kappa shape index (κ2) is 10.4. The molecule has 0 aromatic rings. The van der Waals surface area contributed by atoms with Gasteiger partial charge in [-0.15, -0.1) is 0 Å². The van der Waals surface area contributed by atoms with Gasteiger partial charge >= 0.3 is 125 Å². The topological polar surface area (TPSA) is 43.4 Å². The molecule has 0 spiro atoms. The van der Waals surface area contributed by atoms with E-state index < -0.39 is 28.5 Å². The summed E-state index contributed by atoms with van der Waals surface area (Å²) in [5, 5.41) is 0. The first-order valence-corrected chi connectivity index (χ1v) is 17.6. The molecule has 0 aliphatic heterocycles. The van der Waals surface area contributed by atoms with Crippen molar-refractivity contribution in [2.45, 2.75) is 72.6 Å². The maximum absolute atomic E-state index is 11.3. The fourth-order valence-electron chi connectivity index (χ4n) is 2.48. The molecule has 0 aromatic heterocycles. The Morgan fingerprint density at radius 2 is 1.21 bits per heavy atom. The van der Waals surface area contributed by atoms with Crippen molar-refractivity contribution in [1.82, 2.24) is 0 Å². The third-order valence-electron chi connectivity index (χ3n) is 3.76. The summed E-state index contributed by atoms with van der Waals surface area (Å²) in [4.78, 5) is 0. The van der Waals surface area contributed by atoms with Crippen LogP contribution in [0.25, 0.3) is 0 Å². The normalized spacial score (nSPS) is 12.8. The molecule has 0 N–H and O–H groups in total. The summed E-state index contributed by atoms with van der Waals surface area (Å²) in [5.74, 6) is 0. The molecular weight excluding hydrogens is 367 g/mol. The van der Waals surface area contributed by atoms with Gasteiger partial charge in [0.1, 0.15) is 0 Å². The van der Waals surface area contributed by atoms with E-state index in [1.165, 1.54) is 58.1 Å². The summed E-state index contributed by atoms with van der Waals surface area (Å²) in [5.41, 5.74) is 0. The van der Waals surface area contributed by atoms with Crippen LogP contribution in [0.5, 0.6) is 0 Å². The van der Waals surface area contributed by atoms with Gasteiger partial charge in [0.15, 0.2) is 0 Å². The molecule has 0 bridgehead atoms. The molecule has 0 aliphatic rings. The molecule has 0 saturated heterocycles. The minimum atomic E-state index is -3.28. The SMILES string of the molecule is CCC[CH2][Sn]([CH2]CCC)([CH2]CCC)[CH2]OS(C)(=O)=O. The molecule has 0 amide bonds. The molecule has 116 valence electrons. The van der Waals surface area contributed by atoms with E-state index in [0.29, 0.717) is 4.62 Å². The summed E-state index contributed by atoms with van der Waals surface area (Å²) in [7, 11) is -3.28. The number of hydrogen-bond acceptors (Lipinski definition) is 3. The van der Waals surface area contributed by atoms with Crippen LogP contribution in [0.1, 0.15) is 59.3 Å². The predicted octanol–water partition coefficient (Wildman–Crippen LogP) is 4.35. The van der Waals surface area contributed by atoms with Crippen molar-refractivity contribution in [2.24, 2.45) is 0 Å². The zero-order chi connectivity index (χ0) is 14.8. The first-order valence-electron chi connectivity index (χ1n) is 7.73.